The number of hydrogen-bond donors (Lipinski definition) is 2. The normalized spacial score (nSPS) is 26.2. The molecule has 0 aliphatic heterocycles. The van der Waals surface area contributed by atoms with E-state index in [2.05, 4.69) is 78.2 Å². The molecule has 7 atom stereocenters. The summed E-state index contributed by atoms with van der Waals surface area (Å²) in [6, 6.07) is 0. The zero-order chi connectivity index (χ0) is 31.9. The van der Waals surface area contributed by atoms with Crippen molar-refractivity contribution in [3.8, 4) is 0 Å². The van der Waals surface area contributed by atoms with Gasteiger partial charge in [-0.1, -0.05) is 73.1 Å². The Morgan fingerprint density at radius 1 is 1.14 bits per heavy atom. The van der Waals surface area contributed by atoms with Crippen LogP contribution in [0.2, 0.25) is 18.1 Å². The standard InChI is InChI=1S/C35H63NO5Si/c1-12-14-19-36-31(38)23-28(41-42(10,11)34(5,6)7)22-27(37)17-18-29-25(4)15-16-26-20-24(3)21-30(32(26)29)40-33(39)35(8,9)13-2/h15-16,20,24-25,27-30,32,37H,12-14,17-19,21-23H2,1-11H3,(H,36,38). The van der Waals surface area contributed by atoms with Gasteiger partial charge in [-0.3, -0.25) is 9.59 Å². The van der Waals surface area contributed by atoms with Gasteiger partial charge in [0.15, 0.2) is 8.32 Å². The molecule has 0 heterocycles. The molecule has 2 rings (SSSR count). The van der Waals surface area contributed by atoms with Crippen LogP contribution >= 0.6 is 0 Å². The highest BCUT2D eigenvalue weighted by Crippen LogP contribution is 2.45. The van der Waals surface area contributed by atoms with E-state index >= 15 is 0 Å². The van der Waals surface area contributed by atoms with Crippen molar-refractivity contribution in [3.63, 3.8) is 0 Å². The molecule has 0 saturated carbocycles. The molecule has 0 fully saturated rings. The molecule has 1 amide bonds. The van der Waals surface area contributed by atoms with Gasteiger partial charge in [0.1, 0.15) is 6.10 Å². The van der Waals surface area contributed by atoms with E-state index in [4.69, 9.17) is 9.16 Å². The quantitative estimate of drug-likeness (QED) is 0.112. The van der Waals surface area contributed by atoms with Gasteiger partial charge < -0.3 is 19.6 Å². The first kappa shape index (κ1) is 36.7. The number of esters is 1. The van der Waals surface area contributed by atoms with Gasteiger partial charge in [0.2, 0.25) is 5.91 Å². The third kappa shape index (κ3) is 10.3. The number of carbonyl (C=O) groups excluding carboxylic acids is 2. The smallest absolute Gasteiger partial charge is 0.311 e. The van der Waals surface area contributed by atoms with Crippen molar-refractivity contribution in [3.05, 3.63) is 23.8 Å². The molecule has 42 heavy (non-hydrogen) atoms. The topological polar surface area (TPSA) is 84.9 Å². The Hall–Kier alpha value is -1.44. The molecule has 6 nitrogen and oxygen atoms in total. The lowest BCUT2D eigenvalue weighted by atomic mass is 9.65. The van der Waals surface area contributed by atoms with Gasteiger partial charge in [-0.15, -0.1) is 0 Å². The maximum atomic E-state index is 13.1. The number of aliphatic hydroxyl groups excluding tert-OH is 1. The first-order valence-corrected chi connectivity index (χ1v) is 19.6. The van der Waals surface area contributed by atoms with Crippen LogP contribution < -0.4 is 5.32 Å². The summed E-state index contributed by atoms with van der Waals surface area (Å²) in [5.41, 5.74) is 0.760. The van der Waals surface area contributed by atoms with Crippen LogP contribution in [-0.4, -0.2) is 50.2 Å². The first-order chi connectivity index (χ1) is 19.4. The molecule has 7 heteroatoms. The summed E-state index contributed by atoms with van der Waals surface area (Å²) in [5.74, 6) is 0.941. The lowest BCUT2D eigenvalue weighted by Gasteiger charge is -2.44. The minimum Gasteiger partial charge on any atom is -0.461 e. The molecule has 2 aliphatic rings. The number of hydrogen-bond acceptors (Lipinski definition) is 5. The zero-order valence-corrected chi connectivity index (χ0v) is 29.7. The van der Waals surface area contributed by atoms with Crippen molar-refractivity contribution < 1.29 is 23.9 Å². The molecule has 0 radical (unpaired) electrons. The molecule has 2 N–H and O–H groups in total. The lowest BCUT2D eigenvalue weighted by molar-refractivity contribution is -0.164. The maximum absolute atomic E-state index is 13.1. The van der Waals surface area contributed by atoms with Crippen LogP contribution in [0, 0.1) is 29.1 Å². The van der Waals surface area contributed by atoms with Gasteiger partial charge in [0, 0.05) is 12.5 Å². The average Bonchev–Trinajstić information content (AvgIpc) is 2.87. The monoisotopic (exact) mass is 605 g/mol. The second kappa shape index (κ2) is 15.5. The summed E-state index contributed by atoms with van der Waals surface area (Å²) < 4.78 is 13.0. The fourth-order valence-corrected chi connectivity index (χ4v) is 7.29. The Kier molecular flexibility index (Phi) is 13.6. The van der Waals surface area contributed by atoms with E-state index in [1.807, 2.05) is 20.8 Å². The van der Waals surface area contributed by atoms with E-state index in [9.17, 15) is 14.7 Å². The molecule has 0 aromatic carbocycles. The number of aliphatic hydroxyl groups is 1. The molecular weight excluding hydrogens is 542 g/mol. The Morgan fingerprint density at radius 2 is 1.81 bits per heavy atom. The van der Waals surface area contributed by atoms with E-state index in [1.165, 1.54) is 5.57 Å². The predicted molar refractivity (Wildman–Crippen MR) is 176 cm³/mol. The summed E-state index contributed by atoms with van der Waals surface area (Å²) >= 11 is 0. The Morgan fingerprint density at radius 3 is 2.40 bits per heavy atom. The highest BCUT2D eigenvalue weighted by Gasteiger charge is 2.43. The summed E-state index contributed by atoms with van der Waals surface area (Å²) in [7, 11) is -2.14. The SMILES string of the molecule is CCCCNC(=O)CC(CC(O)CCC1C(C)C=CC2=CC(C)CC(OC(=O)C(C)(C)CC)C21)O[Si](C)(C)C(C)(C)C. The fourth-order valence-electron chi connectivity index (χ4n) is 5.92. The van der Waals surface area contributed by atoms with Crippen molar-refractivity contribution in [2.45, 2.75) is 150 Å². The van der Waals surface area contributed by atoms with Crippen molar-refractivity contribution >= 4 is 20.2 Å². The molecule has 0 saturated heterocycles. The average molecular weight is 606 g/mol. The van der Waals surface area contributed by atoms with Crippen molar-refractivity contribution in [2.24, 2.45) is 29.1 Å². The number of amides is 1. The number of rotatable bonds is 15. The Labute approximate surface area is 258 Å². The van der Waals surface area contributed by atoms with Crippen molar-refractivity contribution in [2.75, 3.05) is 6.54 Å². The number of carbonyl (C=O) groups is 2. The lowest BCUT2D eigenvalue weighted by Crippen LogP contribution is -2.46. The molecule has 0 bridgehead atoms. The van der Waals surface area contributed by atoms with Crippen LogP contribution in [0.15, 0.2) is 23.8 Å². The minimum atomic E-state index is -2.14. The van der Waals surface area contributed by atoms with Crippen LogP contribution in [0.1, 0.15) is 114 Å². The molecule has 0 aromatic heterocycles. The summed E-state index contributed by atoms with van der Waals surface area (Å²) in [4.78, 5) is 25.9. The Bertz CT molecular complexity index is 950. The van der Waals surface area contributed by atoms with Gasteiger partial charge in [-0.25, -0.2) is 0 Å². The van der Waals surface area contributed by atoms with Gasteiger partial charge in [0.25, 0.3) is 0 Å². The van der Waals surface area contributed by atoms with Gasteiger partial charge in [0.05, 0.1) is 24.0 Å². The molecule has 0 aromatic rings. The number of allylic oxidation sites excluding steroid dienone is 3. The van der Waals surface area contributed by atoms with E-state index in [1.54, 1.807) is 0 Å². The molecule has 7 unspecified atom stereocenters. The van der Waals surface area contributed by atoms with E-state index in [0.717, 1.165) is 32.1 Å². The molecular formula is C35H63NO5Si. The van der Waals surface area contributed by atoms with Crippen LogP contribution in [0.3, 0.4) is 0 Å². The van der Waals surface area contributed by atoms with Crippen LogP contribution in [0.25, 0.3) is 0 Å². The first-order valence-electron chi connectivity index (χ1n) is 16.6. The molecule has 2 aliphatic carbocycles. The highest BCUT2D eigenvalue weighted by atomic mass is 28.4. The Balaban J connectivity index is 2.17. The minimum absolute atomic E-state index is 0.00355. The molecule has 242 valence electrons. The number of nitrogens with one attached hydrogen (secondary N) is 1. The van der Waals surface area contributed by atoms with Crippen molar-refractivity contribution in [1.29, 1.82) is 0 Å². The largest absolute Gasteiger partial charge is 0.461 e. The summed E-state index contributed by atoms with van der Waals surface area (Å²) in [6.45, 7) is 24.2. The van der Waals surface area contributed by atoms with Crippen LogP contribution in [0.5, 0.6) is 0 Å². The fraction of sp³-hybridized carbons (Fsp3) is 0.829. The van der Waals surface area contributed by atoms with E-state index in [-0.39, 0.29) is 47.4 Å². The number of unbranched alkanes of at least 4 members (excludes halogenated alkanes) is 1. The molecule has 0 spiro atoms. The van der Waals surface area contributed by atoms with Gasteiger partial charge in [-0.2, -0.15) is 0 Å². The predicted octanol–water partition coefficient (Wildman–Crippen LogP) is 7.97. The van der Waals surface area contributed by atoms with Crippen molar-refractivity contribution in [1.82, 2.24) is 5.32 Å². The number of ether oxygens (including phenoxy) is 1. The summed E-state index contributed by atoms with van der Waals surface area (Å²) in [5, 5.41) is 14.4. The van der Waals surface area contributed by atoms with Gasteiger partial charge in [-0.05, 0) is 93.8 Å². The van der Waals surface area contributed by atoms with Crippen LogP contribution in [0.4, 0.5) is 0 Å². The summed E-state index contributed by atoms with van der Waals surface area (Å²) in [6.07, 6.45) is 11.5. The van der Waals surface area contributed by atoms with Gasteiger partial charge >= 0.3 is 5.97 Å². The number of fused-ring (bicyclic) bond motifs is 1. The van der Waals surface area contributed by atoms with E-state index in [0.29, 0.717) is 31.2 Å². The zero-order valence-electron chi connectivity index (χ0n) is 28.7. The second-order valence-corrected chi connectivity index (χ2v) is 20.1. The maximum Gasteiger partial charge on any atom is 0.311 e. The van der Waals surface area contributed by atoms with Crippen LogP contribution in [-0.2, 0) is 18.8 Å². The second-order valence-electron chi connectivity index (χ2n) is 15.3. The van der Waals surface area contributed by atoms with E-state index < -0.39 is 19.8 Å². The highest BCUT2D eigenvalue weighted by molar-refractivity contribution is 6.74. The third-order valence-corrected chi connectivity index (χ3v) is 14.7. The third-order valence-electron chi connectivity index (χ3n) is 10.2.